The van der Waals surface area contributed by atoms with E-state index < -0.39 is 0 Å². The largest absolute Gasteiger partial charge is 0.394 e. The normalized spacial score (nSPS) is 15.1. The van der Waals surface area contributed by atoms with E-state index in [0.717, 1.165) is 10.2 Å². The molecule has 0 bridgehead atoms. The van der Waals surface area contributed by atoms with E-state index in [-0.39, 0.29) is 12.1 Å². The average Bonchev–Trinajstić information content (AvgIpc) is 2.17. The van der Waals surface area contributed by atoms with Gasteiger partial charge in [0.05, 0.1) is 24.0 Å². The Bertz CT molecular complexity index is 330. The van der Waals surface area contributed by atoms with Gasteiger partial charge in [0, 0.05) is 10.7 Å². The quantitative estimate of drug-likeness (QED) is 0.886. The molecule has 0 amide bonds. The van der Waals surface area contributed by atoms with Crippen LogP contribution in [0.15, 0.2) is 22.9 Å². The summed E-state index contributed by atoms with van der Waals surface area (Å²) in [7, 11) is 0. The second-order valence-corrected chi connectivity index (χ2v) is 5.16. The van der Waals surface area contributed by atoms with Gasteiger partial charge >= 0.3 is 0 Å². The fraction of sp³-hybridized carbons (Fsp3) is 0.545. The van der Waals surface area contributed by atoms with Gasteiger partial charge in [0.2, 0.25) is 0 Å². The zero-order chi connectivity index (χ0) is 11.5. The number of halogens is 1. The minimum Gasteiger partial charge on any atom is -0.394 e. The van der Waals surface area contributed by atoms with Gasteiger partial charge in [0.1, 0.15) is 0 Å². The summed E-state index contributed by atoms with van der Waals surface area (Å²) in [5.41, 5.74) is 0.595. The van der Waals surface area contributed by atoms with Crippen LogP contribution >= 0.6 is 15.9 Å². The number of hydrogen-bond donors (Lipinski definition) is 2. The van der Waals surface area contributed by atoms with Crippen molar-refractivity contribution in [1.29, 1.82) is 0 Å². The molecule has 1 aromatic rings. The molecule has 0 aliphatic rings. The second kappa shape index (κ2) is 4.94. The first-order valence-corrected chi connectivity index (χ1v) is 5.77. The number of aliphatic hydroxyl groups is 1. The van der Waals surface area contributed by atoms with Gasteiger partial charge in [0.25, 0.3) is 0 Å². The van der Waals surface area contributed by atoms with Crippen molar-refractivity contribution in [2.24, 2.45) is 5.92 Å². The standard InChI is InChI=1S/C11H17BrN2O/c1-8(2)11(3,7-15)14-10-4-9(12)5-13-6-10/h4-6,8,14-15H,7H2,1-3H3. The lowest BCUT2D eigenvalue weighted by molar-refractivity contribution is 0.186. The van der Waals surface area contributed by atoms with Gasteiger partial charge in [-0.1, -0.05) is 13.8 Å². The van der Waals surface area contributed by atoms with Gasteiger partial charge in [-0.25, -0.2) is 0 Å². The average molecular weight is 273 g/mol. The number of nitrogens with one attached hydrogen (secondary N) is 1. The topological polar surface area (TPSA) is 45.1 Å². The third-order valence-corrected chi connectivity index (χ3v) is 3.17. The van der Waals surface area contributed by atoms with Gasteiger partial charge in [-0.2, -0.15) is 0 Å². The molecule has 2 N–H and O–H groups in total. The van der Waals surface area contributed by atoms with Crippen molar-refractivity contribution < 1.29 is 5.11 Å². The molecule has 0 saturated carbocycles. The Labute approximate surface area is 99.1 Å². The van der Waals surface area contributed by atoms with E-state index in [1.807, 2.05) is 13.0 Å². The van der Waals surface area contributed by atoms with Crippen molar-refractivity contribution in [1.82, 2.24) is 4.98 Å². The van der Waals surface area contributed by atoms with Gasteiger partial charge < -0.3 is 10.4 Å². The van der Waals surface area contributed by atoms with E-state index in [1.54, 1.807) is 12.4 Å². The number of nitrogens with zero attached hydrogens (tertiary/aromatic N) is 1. The first-order chi connectivity index (χ1) is 6.98. The summed E-state index contributed by atoms with van der Waals surface area (Å²) in [6, 6.07) is 1.95. The Morgan fingerprint density at radius 1 is 1.53 bits per heavy atom. The molecule has 1 unspecified atom stereocenters. The van der Waals surface area contributed by atoms with Crippen LogP contribution in [0.3, 0.4) is 0 Å². The van der Waals surface area contributed by atoms with Crippen LogP contribution in [0.1, 0.15) is 20.8 Å². The molecule has 1 heterocycles. The van der Waals surface area contributed by atoms with Gasteiger partial charge in [0.15, 0.2) is 0 Å². The molecule has 1 rings (SSSR count). The van der Waals surface area contributed by atoms with Crippen LogP contribution in [-0.2, 0) is 0 Å². The fourth-order valence-corrected chi connectivity index (χ4v) is 1.54. The summed E-state index contributed by atoms with van der Waals surface area (Å²) in [5.74, 6) is 0.335. The van der Waals surface area contributed by atoms with Crippen molar-refractivity contribution >= 4 is 21.6 Å². The highest BCUT2D eigenvalue weighted by molar-refractivity contribution is 9.10. The van der Waals surface area contributed by atoms with Crippen LogP contribution in [0.25, 0.3) is 0 Å². The number of aliphatic hydroxyl groups excluding tert-OH is 1. The van der Waals surface area contributed by atoms with Crippen molar-refractivity contribution in [3.8, 4) is 0 Å². The maximum atomic E-state index is 9.39. The molecule has 0 radical (unpaired) electrons. The third kappa shape index (κ3) is 3.18. The summed E-state index contributed by atoms with van der Waals surface area (Å²) < 4.78 is 0.927. The predicted octanol–water partition coefficient (Wildman–Crippen LogP) is 2.66. The van der Waals surface area contributed by atoms with Crippen LogP contribution in [0.5, 0.6) is 0 Å². The van der Waals surface area contributed by atoms with E-state index in [0.29, 0.717) is 5.92 Å². The van der Waals surface area contributed by atoms with Gasteiger partial charge in [-0.05, 0) is 34.8 Å². The van der Waals surface area contributed by atoms with Crippen LogP contribution in [0.4, 0.5) is 5.69 Å². The molecule has 0 spiro atoms. The molecular formula is C11H17BrN2O. The van der Waals surface area contributed by atoms with Gasteiger partial charge in [-0.3, -0.25) is 4.98 Å². The Morgan fingerprint density at radius 2 is 2.20 bits per heavy atom. The maximum Gasteiger partial charge on any atom is 0.0661 e. The molecular weight excluding hydrogens is 256 g/mol. The van der Waals surface area contributed by atoms with Crippen LogP contribution in [-0.4, -0.2) is 22.2 Å². The molecule has 1 aromatic heterocycles. The number of aromatic nitrogens is 1. The Hall–Kier alpha value is -0.610. The molecule has 15 heavy (non-hydrogen) atoms. The number of pyridine rings is 1. The van der Waals surface area contributed by atoms with E-state index >= 15 is 0 Å². The fourth-order valence-electron chi connectivity index (χ4n) is 1.18. The summed E-state index contributed by atoms with van der Waals surface area (Å²) in [6.07, 6.45) is 3.48. The third-order valence-electron chi connectivity index (χ3n) is 2.74. The lowest BCUT2D eigenvalue weighted by atomic mass is 9.89. The SMILES string of the molecule is CC(C)C(C)(CO)Nc1cncc(Br)c1. The first-order valence-electron chi connectivity index (χ1n) is 4.97. The Balaban J connectivity index is 2.84. The molecule has 0 saturated heterocycles. The highest BCUT2D eigenvalue weighted by Crippen LogP contribution is 2.23. The van der Waals surface area contributed by atoms with Crippen molar-refractivity contribution in [3.05, 3.63) is 22.9 Å². The highest BCUT2D eigenvalue weighted by Gasteiger charge is 2.27. The van der Waals surface area contributed by atoms with E-state index in [4.69, 9.17) is 0 Å². The van der Waals surface area contributed by atoms with Crippen molar-refractivity contribution in [2.45, 2.75) is 26.3 Å². The smallest absolute Gasteiger partial charge is 0.0661 e. The zero-order valence-electron chi connectivity index (χ0n) is 9.29. The van der Waals surface area contributed by atoms with E-state index in [1.165, 1.54) is 0 Å². The molecule has 1 atom stereocenters. The second-order valence-electron chi connectivity index (χ2n) is 4.25. The monoisotopic (exact) mass is 272 g/mol. The first kappa shape index (κ1) is 12.5. The van der Waals surface area contributed by atoms with Gasteiger partial charge in [-0.15, -0.1) is 0 Å². The number of hydrogen-bond acceptors (Lipinski definition) is 3. The molecule has 84 valence electrons. The summed E-state index contributed by atoms with van der Waals surface area (Å²) in [6.45, 7) is 6.25. The van der Waals surface area contributed by atoms with E-state index in [2.05, 4.69) is 40.1 Å². The summed E-state index contributed by atoms with van der Waals surface area (Å²) in [5, 5.41) is 12.7. The molecule has 0 aliphatic heterocycles. The minimum atomic E-state index is -0.317. The number of anilines is 1. The van der Waals surface area contributed by atoms with Crippen molar-refractivity contribution in [2.75, 3.05) is 11.9 Å². The van der Waals surface area contributed by atoms with Crippen molar-refractivity contribution in [3.63, 3.8) is 0 Å². The molecule has 0 aliphatic carbocycles. The van der Waals surface area contributed by atoms with Crippen LogP contribution in [0, 0.1) is 5.92 Å². The highest BCUT2D eigenvalue weighted by atomic mass is 79.9. The molecule has 0 aromatic carbocycles. The van der Waals surface area contributed by atoms with Crippen LogP contribution in [0.2, 0.25) is 0 Å². The molecule has 4 heteroatoms. The van der Waals surface area contributed by atoms with E-state index in [9.17, 15) is 5.11 Å². The maximum absolute atomic E-state index is 9.39. The predicted molar refractivity (Wildman–Crippen MR) is 65.9 cm³/mol. The summed E-state index contributed by atoms with van der Waals surface area (Å²) >= 11 is 3.36. The Kier molecular flexibility index (Phi) is 4.11. The lowest BCUT2D eigenvalue weighted by Gasteiger charge is -2.33. The van der Waals surface area contributed by atoms with Crippen LogP contribution < -0.4 is 5.32 Å². The Morgan fingerprint density at radius 3 is 2.67 bits per heavy atom. The summed E-state index contributed by atoms with van der Waals surface area (Å²) in [4.78, 5) is 4.07. The molecule has 3 nitrogen and oxygen atoms in total. The zero-order valence-corrected chi connectivity index (χ0v) is 10.9. The lowest BCUT2D eigenvalue weighted by Crippen LogP contribution is -2.43. The number of rotatable bonds is 4. The molecule has 0 fully saturated rings. The minimum absolute atomic E-state index is 0.0944.